The molecule has 2 heterocycles. The molecule has 0 bridgehead atoms. The van der Waals surface area contributed by atoms with Crippen LogP contribution in [0.2, 0.25) is 0 Å². The first-order valence-corrected chi connectivity index (χ1v) is 13.9. The number of alkyl carbamates (subject to hydrolysis) is 1. The molecule has 2 aliphatic rings. The molecule has 2 atom stereocenters. The highest BCUT2D eigenvalue weighted by Gasteiger charge is 2.40. The zero-order chi connectivity index (χ0) is 28.5. The molecule has 2 aromatic rings. The van der Waals surface area contributed by atoms with Crippen molar-refractivity contribution >= 4 is 28.7 Å². The van der Waals surface area contributed by atoms with Gasteiger partial charge in [-0.25, -0.2) is 9.59 Å². The average molecular weight is 539 g/mol. The second kappa shape index (κ2) is 10.9. The Balaban J connectivity index is 1.37. The van der Waals surface area contributed by atoms with Crippen LogP contribution >= 0.6 is 0 Å². The number of hydrogen-bond acceptors (Lipinski definition) is 7. The predicted molar refractivity (Wildman–Crippen MR) is 150 cm³/mol. The summed E-state index contributed by atoms with van der Waals surface area (Å²) in [5.41, 5.74) is 1.23. The molecule has 1 amide bonds. The second-order valence-corrected chi connectivity index (χ2v) is 11.6. The summed E-state index contributed by atoms with van der Waals surface area (Å²) in [5, 5.41) is 3.77. The largest absolute Gasteiger partial charge is 0.444 e. The van der Waals surface area contributed by atoms with E-state index in [-0.39, 0.29) is 24.6 Å². The van der Waals surface area contributed by atoms with Crippen LogP contribution in [0.15, 0.2) is 36.7 Å². The maximum absolute atomic E-state index is 13.6. The molecule has 1 aliphatic heterocycles. The lowest BCUT2D eigenvalue weighted by Gasteiger charge is -2.34. The number of para-hydroxylation sites is 1. The molecule has 2 unspecified atom stereocenters. The third-order valence-corrected chi connectivity index (χ3v) is 8.10. The monoisotopic (exact) mass is 538 g/mol. The second-order valence-electron chi connectivity index (χ2n) is 11.6. The molecule has 4 rings (SSSR count). The lowest BCUT2D eigenvalue weighted by Crippen LogP contribution is -2.56. The summed E-state index contributed by atoms with van der Waals surface area (Å²) in [7, 11) is 2.04. The first-order chi connectivity index (χ1) is 18.4. The number of ketones is 1. The van der Waals surface area contributed by atoms with Crippen molar-refractivity contribution < 1.29 is 23.9 Å². The zero-order valence-electron chi connectivity index (χ0n) is 24.2. The minimum atomic E-state index is -1.17. The highest BCUT2D eigenvalue weighted by atomic mass is 16.6. The van der Waals surface area contributed by atoms with Crippen LogP contribution in [0.3, 0.4) is 0 Å². The Morgan fingerprint density at radius 3 is 2.41 bits per heavy atom. The normalized spacial score (nSPS) is 19.4. The number of fused-ring (bicyclic) bond motifs is 3. The molecule has 0 fully saturated rings. The van der Waals surface area contributed by atoms with Crippen LogP contribution in [-0.2, 0) is 27.7 Å². The van der Waals surface area contributed by atoms with Gasteiger partial charge in [0.1, 0.15) is 17.3 Å². The fourth-order valence-electron chi connectivity index (χ4n) is 5.60. The number of carbonyl (C=O) groups excluding carboxylic acids is 3. The number of Topliss-reactive ketones (excluding diaryl/α,β-unsaturated/α-hetero) is 1. The SMILES string of the molecule is CCC(CC)(NC(=O)OC(C)(C)C)C(=O)OCN1C=CN(CC2CCc3c(c4ccccc4n3C)C2=O)C1C. The Morgan fingerprint density at radius 1 is 1.08 bits per heavy atom. The molecule has 1 N–H and O–H groups in total. The molecule has 9 nitrogen and oxygen atoms in total. The summed E-state index contributed by atoms with van der Waals surface area (Å²) >= 11 is 0. The Kier molecular flexibility index (Phi) is 8.00. The molecule has 0 saturated carbocycles. The van der Waals surface area contributed by atoms with Gasteiger partial charge in [-0.15, -0.1) is 0 Å². The van der Waals surface area contributed by atoms with Gasteiger partial charge >= 0.3 is 12.1 Å². The van der Waals surface area contributed by atoms with E-state index in [0.717, 1.165) is 35.0 Å². The van der Waals surface area contributed by atoms with E-state index in [1.165, 1.54) is 0 Å². The quantitative estimate of drug-likeness (QED) is 0.476. The third kappa shape index (κ3) is 5.63. The first kappa shape index (κ1) is 28.5. The Labute approximate surface area is 231 Å². The molecule has 0 spiro atoms. The topological polar surface area (TPSA) is 93.1 Å². The van der Waals surface area contributed by atoms with Gasteiger partial charge in [-0.3, -0.25) is 4.79 Å². The van der Waals surface area contributed by atoms with Gasteiger partial charge in [-0.05, 0) is 59.4 Å². The Morgan fingerprint density at radius 2 is 1.74 bits per heavy atom. The molecule has 39 heavy (non-hydrogen) atoms. The third-order valence-electron chi connectivity index (χ3n) is 8.10. The summed E-state index contributed by atoms with van der Waals surface area (Å²) in [6.45, 7) is 11.7. The maximum Gasteiger partial charge on any atom is 0.408 e. The lowest BCUT2D eigenvalue weighted by atomic mass is 9.84. The van der Waals surface area contributed by atoms with E-state index in [2.05, 4.69) is 20.9 Å². The van der Waals surface area contributed by atoms with Gasteiger partial charge in [0.15, 0.2) is 12.5 Å². The number of aryl methyl sites for hydroxylation is 1. The molecule has 1 aliphatic carbocycles. The van der Waals surface area contributed by atoms with E-state index < -0.39 is 23.2 Å². The molecule has 0 radical (unpaired) electrons. The van der Waals surface area contributed by atoms with Crippen molar-refractivity contribution in [1.29, 1.82) is 0 Å². The number of aromatic nitrogens is 1. The van der Waals surface area contributed by atoms with Gasteiger partial charge in [0.2, 0.25) is 0 Å². The van der Waals surface area contributed by atoms with Crippen LogP contribution in [0.1, 0.15) is 76.9 Å². The van der Waals surface area contributed by atoms with Crippen molar-refractivity contribution in [2.24, 2.45) is 13.0 Å². The smallest absolute Gasteiger partial charge is 0.408 e. The lowest BCUT2D eigenvalue weighted by molar-refractivity contribution is -0.157. The van der Waals surface area contributed by atoms with Crippen LogP contribution in [0, 0.1) is 5.92 Å². The minimum absolute atomic E-state index is 0.0385. The number of ether oxygens (including phenoxy) is 2. The van der Waals surface area contributed by atoms with Gasteiger partial charge in [0, 0.05) is 54.1 Å². The summed E-state index contributed by atoms with van der Waals surface area (Å²) in [5.74, 6) is -0.408. The molecule has 1 aromatic heterocycles. The average Bonchev–Trinajstić information content (AvgIpc) is 3.38. The van der Waals surface area contributed by atoms with Crippen molar-refractivity contribution in [3.8, 4) is 0 Å². The van der Waals surface area contributed by atoms with Crippen LogP contribution in [0.25, 0.3) is 10.9 Å². The van der Waals surface area contributed by atoms with Crippen molar-refractivity contribution in [3.63, 3.8) is 0 Å². The number of benzene rings is 1. The van der Waals surface area contributed by atoms with Gasteiger partial charge in [-0.2, -0.15) is 0 Å². The van der Waals surface area contributed by atoms with E-state index >= 15 is 0 Å². The minimum Gasteiger partial charge on any atom is -0.444 e. The van der Waals surface area contributed by atoms with Crippen LogP contribution < -0.4 is 5.32 Å². The number of rotatable bonds is 8. The predicted octanol–water partition coefficient (Wildman–Crippen LogP) is 4.94. The first-order valence-electron chi connectivity index (χ1n) is 13.9. The maximum atomic E-state index is 13.6. The number of nitrogens with one attached hydrogen (secondary N) is 1. The van der Waals surface area contributed by atoms with Gasteiger partial charge in [-0.1, -0.05) is 32.0 Å². The fourth-order valence-corrected chi connectivity index (χ4v) is 5.60. The van der Waals surface area contributed by atoms with Crippen LogP contribution in [0.5, 0.6) is 0 Å². The van der Waals surface area contributed by atoms with E-state index in [1.807, 2.05) is 63.3 Å². The van der Waals surface area contributed by atoms with E-state index in [0.29, 0.717) is 19.4 Å². The number of esters is 1. The fraction of sp³-hybridized carbons (Fsp3) is 0.567. The summed E-state index contributed by atoms with van der Waals surface area (Å²) < 4.78 is 13.2. The van der Waals surface area contributed by atoms with Crippen molar-refractivity contribution in [1.82, 2.24) is 19.7 Å². The Bertz CT molecular complexity index is 1270. The van der Waals surface area contributed by atoms with Gasteiger partial charge in [0.25, 0.3) is 0 Å². The molecule has 212 valence electrons. The van der Waals surface area contributed by atoms with E-state index in [9.17, 15) is 14.4 Å². The molecular formula is C30H42N4O5. The Hall–Kier alpha value is -3.49. The van der Waals surface area contributed by atoms with Crippen molar-refractivity contribution in [2.75, 3.05) is 13.3 Å². The zero-order valence-corrected chi connectivity index (χ0v) is 24.2. The van der Waals surface area contributed by atoms with E-state index in [4.69, 9.17) is 9.47 Å². The van der Waals surface area contributed by atoms with Crippen molar-refractivity contribution in [2.45, 2.75) is 84.5 Å². The number of carbonyl (C=O) groups is 3. The highest BCUT2D eigenvalue weighted by molar-refractivity contribution is 6.11. The summed E-state index contributed by atoms with van der Waals surface area (Å²) in [4.78, 5) is 43.2. The molecular weight excluding hydrogens is 496 g/mol. The number of hydrogen-bond donors (Lipinski definition) is 1. The van der Waals surface area contributed by atoms with Crippen LogP contribution in [-0.4, -0.2) is 62.8 Å². The van der Waals surface area contributed by atoms with Crippen molar-refractivity contribution in [3.05, 3.63) is 47.9 Å². The van der Waals surface area contributed by atoms with Gasteiger partial charge in [0.05, 0.1) is 0 Å². The van der Waals surface area contributed by atoms with Crippen LogP contribution in [0.4, 0.5) is 4.79 Å². The molecule has 0 saturated heterocycles. The molecule has 1 aromatic carbocycles. The number of amides is 1. The summed E-state index contributed by atoms with van der Waals surface area (Å²) in [6, 6.07) is 8.09. The standard InChI is InChI=1S/C30H42N4O5/c1-8-30(9-2,31-28(37)39-29(4,5)6)27(36)38-19-34-17-16-33(20(34)3)18-21-14-15-24-25(26(21)35)22-12-10-11-13-23(22)32(24)7/h10-13,16-17,20-21H,8-9,14-15,18-19H2,1-7H3,(H,31,37). The highest BCUT2D eigenvalue weighted by Crippen LogP contribution is 2.34. The van der Waals surface area contributed by atoms with Gasteiger partial charge < -0.3 is 29.2 Å². The number of nitrogens with zero attached hydrogens (tertiary/aromatic N) is 3. The van der Waals surface area contributed by atoms with E-state index in [1.54, 1.807) is 20.8 Å². The molecule has 9 heteroatoms. The summed E-state index contributed by atoms with van der Waals surface area (Å²) in [6.07, 6.45) is 5.52.